The van der Waals surface area contributed by atoms with Gasteiger partial charge in [0.2, 0.25) is 0 Å². The number of aromatic nitrogens is 4. The van der Waals surface area contributed by atoms with E-state index in [9.17, 15) is 4.79 Å². The standard InChI is InChI=1S/C16H12N4O/c1-19-16(21)20-13-10-6-5-9-12(13)14(15(20)17-18-19)11-7-3-2-4-8-11/h2-10H,1H3. The number of hydrogen-bond donors (Lipinski definition) is 0. The van der Waals surface area contributed by atoms with Gasteiger partial charge in [0.05, 0.1) is 5.52 Å². The van der Waals surface area contributed by atoms with E-state index >= 15 is 0 Å². The molecule has 0 fully saturated rings. The Morgan fingerprint density at radius 2 is 1.67 bits per heavy atom. The highest BCUT2D eigenvalue weighted by molar-refractivity contribution is 6.04. The van der Waals surface area contributed by atoms with Gasteiger partial charge in [-0.3, -0.25) is 0 Å². The lowest BCUT2D eigenvalue weighted by atomic mass is 10.0. The summed E-state index contributed by atoms with van der Waals surface area (Å²) in [6.07, 6.45) is 0. The van der Waals surface area contributed by atoms with Crippen molar-refractivity contribution in [1.82, 2.24) is 19.4 Å². The predicted molar refractivity (Wildman–Crippen MR) is 81.2 cm³/mol. The van der Waals surface area contributed by atoms with E-state index in [1.165, 1.54) is 4.68 Å². The fourth-order valence-corrected chi connectivity index (χ4v) is 2.70. The Hall–Kier alpha value is -2.95. The van der Waals surface area contributed by atoms with E-state index in [2.05, 4.69) is 10.3 Å². The van der Waals surface area contributed by atoms with Gasteiger partial charge in [0.15, 0.2) is 5.65 Å². The average molecular weight is 276 g/mol. The van der Waals surface area contributed by atoms with Crippen molar-refractivity contribution in [2.75, 3.05) is 0 Å². The largest absolute Gasteiger partial charge is 0.351 e. The Morgan fingerprint density at radius 1 is 0.952 bits per heavy atom. The molecule has 4 rings (SSSR count). The van der Waals surface area contributed by atoms with Gasteiger partial charge in [-0.15, -0.1) is 5.10 Å². The van der Waals surface area contributed by atoms with Crippen LogP contribution in [0.4, 0.5) is 0 Å². The van der Waals surface area contributed by atoms with Gasteiger partial charge < -0.3 is 0 Å². The van der Waals surface area contributed by atoms with E-state index < -0.39 is 0 Å². The molecule has 2 aromatic heterocycles. The monoisotopic (exact) mass is 276 g/mol. The van der Waals surface area contributed by atoms with Gasteiger partial charge in [0, 0.05) is 18.0 Å². The van der Waals surface area contributed by atoms with Gasteiger partial charge in [-0.1, -0.05) is 53.7 Å². The lowest BCUT2D eigenvalue weighted by molar-refractivity contribution is 0.611. The average Bonchev–Trinajstić information content (AvgIpc) is 2.87. The van der Waals surface area contributed by atoms with Crippen molar-refractivity contribution >= 4 is 16.6 Å². The number of aryl methyl sites for hydroxylation is 1. The van der Waals surface area contributed by atoms with Crippen LogP contribution in [0, 0.1) is 0 Å². The molecule has 2 aromatic carbocycles. The highest BCUT2D eigenvalue weighted by Gasteiger charge is 2.17. The first-order valence-electron chi connectivity index (χ1n) is 6.66. The highest BCUT2D eigenvalue weighted by Crippen LogP contribution is 2.32. The minimum Gasteiger partial charge on any atom is -0.246 e. The zero-order valence-electron chi connectivity index (χ0n) is 11.4. The number of nitrogens with zero attached hydrogens (tertiary/aromatic N) is 4. The maximum absolute atomic E-state index is 12.4. The summed E-state index contributed by atoms with van der Waals surface area (Å²) in [7, 11) is 1.60. The first kappa shape index (κ1) is 11.8. The zero-order chi connectivity index (χ0) is 14.4. The van der Waals surface area contributed by atoms with Gasteiger partial charge in [-0.25, -0.2) is 9.20 Å². The second-order valence-electron chi connectivity index (χ2n) is 4.91. The summed E-state index contributed by atoms with van der Waals surface area (Å²) in [5.41, 5.74) is 3.21. The summed E-state index contributed by atoms with van der Waals surface area (Å²) in [6.45, 7) is 0. The Kier molecular flexibility index (Phi) is 2.41. The van der Waals surface area contributed by atoms with Crippen molar-refractivity contribution in [2.24, 2.45) is 7.05 Å². The van der Waals surface area contributed by atoms with E-state index in [0.29, 0.717) is 5.65 Å². The lowest BCUT2D eigenvalue weighted by Gasteiger charge is -2.00. The molecule has 0 saturated carbocycles. The molecule has 0 spiro atoms. The molecular formula is C16H12N4O. The van der Waals surface area contributed by atoms with Crippen molar-refractivity contribution in [3.63, 3.8) is 0 Å². The lowest BCUT2D eigenvalue weighted by Crippen LogP contribution is -2.27. The highest BCUT2D eigenvalue weighted by atomic mass is 16.2. The smallest absolute Gasteiger partial charge is 0.246 e. The molecule has 0 aliphatic carbocycles. The van der Waals surface area contributed by atoms with Crippen molar-refractivity contribution in [3.8, 4) is 11.1 Å². The fraction of sp³-hybridized carbons (Fsp3) is 0.0625. The third-order valence-electron chi connectivity index (χ3n) is 3.65. The predicted octanol–water partition coefficient (Wildman–Crippen LogP) is 2.25. The second kappa shape index (κ2) is 4.28. The molecule has 0 radical (unpaired) electrons. The normalized spacial score (nSPS) is 11.3. The molecule has 102 valence electrons. The number of benzene rings is 2. The molecule has 2 heterocycles. The topological polar surface area (TPSA) is 52.2 Å². The van der Waals surface area contributed by atoms with Crippen molar-refractivity contribution in [2.45, 2.75) is 0 Å². The molecule has 0 N–H and O–H groups in total. The quantitative estimate of drug-likeness (QED) is 0.536. The third kappa shape index (κ3) is 1.61. The maximum Gasteiger partial charge on any atom is 0.351 e. The van der Waals surface area contributed by atoms with Crippen LogP contribution in [0.5, 0.6) is 0 Å². The van der Waals surface area contributed by atoms with Crippen molar-refractivity contribution < 1.29 is 0 Å². The molecule has 21 heavy (non-hydrogen) atoms. The Balaban J connectivity index is 2.29. The van der Waals surface area contributed by atoms with E-state index in [1.54, 1.807) is 11.4 Å². The van der Waals surface area contributed by atoms with Gasteiger partial charge in [0.1, 0.15) is 0 Å². The molecule has 4 aromatic rings. The van der Waals surface area contributed by atoms with Gasteiger partial charge in [-0.05, 0) is 11.6 Å². The summed E-state index contributed by atoms with van der Waals surface area (Å²) in [6, 6.07) is 17.8. The third-order valence-corrected chi connectivity index (χ3v) is 3.65. The Bertz CT molecular complexity index is 1010. The Morgan fingerprint density at radius 3 is 2.48 bits per heavy atom. The second-order valence-corrected chi connectivity index (χ2v) is 4.91. The summed E-state index contributed by atoms with van der Waals surface area (Å²) in [5, 5.41) is 9.15. The molecule has 0 unspecified atom stereocenters. The fourth-order valence-electron chi connectivity index (χ4n) is 2.70. The number of para-hydroxylation sites is 1. The molecule has 0 saturated heterocycles. The molecule has 0 amide bonds. The van der Waals surface area contributed by atoms with Gasteiger partial charge in [-0.2, -0.15) is 4.68 Å². The molecule has 5 heteroatoms. The van der Waals surface area contributed by atoms with Crippen LogP contribution in [-0.4, -0.2) is 19.4 Å². The molecule has 0 aliphatic heterocycles. The molecule has 0 atom stereocenters. The van der Waals surface area contributed by atoms with E-state index in [0.717, 1.165) is 22.0 Å². The van der Waals surface area contributed by atoms with Crippen molar-refractivity contribution in [3.05, 3.63) is 65.1 Å². The molecule has 5 nitrogen and oxygen atoms in total. The van der Waals surface area contributed by atoms with E-state index in [1.807, 2.05) is 54.6 Å². The molecule has 0 aliphatic rings. The van der Waals surface area contributed by atoms with Crippen LogP contribution in [0.2, 0.25) is 0 Å². The molecule has 0 bridgehead atoms. The van der Waals surface area contributed by atoms with E-state index in [-0.39, 0.29) is 5.69 Å². The van der Waals surface area contributed by atoms with Crippen LogP contribution >= 0.6 is 0 Å². The SMILES string of the molecule is Cn1nnc2c(-c3ccccc3)c3ccccc3n2c1=O. The first-order valence-corrected chi connectivity index (χ1v) is 6.66. The minimum atomic E-state index is -0.196. The number of hydrogen-bond acceptors (Lipinski definition) is 3. The van der Waals surface area contributed by atoms with E-state index in [4.69, 9.17) is 0 Å². The van der Waals surface area contributed by atoms with Crippen LogP contribution in [-0.2, 0) is 7.05 Å². The van der Waals surface area contributed by atoms with Crippen molar-refractivity contribution in [1.29, 1.82) is 0 Å². The molecular weight excluding hydrogens is 264 g/mol. The minimum absolute atomic E-state index is 0.196. The zero-order valence-corrected chi connectivity index (χ0v) is 11.4. The summed E-state index contributed by atoms with van der Waals surface area (Å²) >= 11 is 0. The van der Waals surface area contributed by atoms with Gasteiger partial charge in [0.25, 0.3) is 0 Å². The number of fused-ring (bicyclic) bond motifs is 3. The van der Waals surface area contributed by atoms with Gasteiger partial charge >= 0.3 is 5.69 Å². The summed E-state index contributed by atoms with van der Waals surface area (Å²) in [4.78, 5) is 12.4. The summed E-state index contributed by atoms with van der Waals surface area (Å²) < 4.78 is 2.86. The summed E-state index contributed by atoms with van der Waals surface area (Å²) in [5.74, 6) is 0. The van der Waals surface area contributed by atoms with Crippen LogP contribution in [0.15, 0.2) is 59.4 Å². The number of rotatable bonds is 1. The van der Waals surface area contributed by atoms with Crippen LogP contribution in [0.25, 0.3) is 27.7 Å². The Labute approximate surface area is 120 Å². The van der Waals surface area contributed by atoms with Crippen LogP contribution < -0.4 is 5.69 Å². The maximum atomic E-state index is 12.4. The van der Waals surface area contributed by atoms with Crippen LogP contribution in [0.3, 0.4) is 0 Å². The first-order chi connectivity index (χ1) is 10.3. The van der Waals surface area contributed by atoms with Crippen LogP contribution in [0.1, 0.15) is 0 Å².